The molecule has 0 radical (unpaired) electrons. The summed E-state index contributed by atoms with van der Waals surface area (Å²) in [5.41, 5.74) is 2.42. The van der Waals surface area contributed by atoms with Crippen LogP contribution in [0, 0.1) is 0 Å². The molecule has 1 heterocycles. The molecule has 1 aliphatic heterocycles. The van der Waals surface area contributed by atoms with Crippen LogP contribution in [0.4, 0.5) is 5.69 Å². The van der Waals surface area contributed by atoms with Crippen molar-refractivity contribution >= 4 is 27.6 Å². The molecular formula is C14H10BrNO2. The van der Waals surface area contributed by atoms with Gasteiger partial charge in [0.15, 0.2) is 0 Å². The number of carbonyl (C=O) groups excluding carboxylic acids is 1. The summed E-state index contributed by atoms with van der Waals surface area (Å²) in [6.45, 7) is 0. The van der Waals surface area contributed by atoms with Crippen LogP contribution in [0.15, 0.2) is 53.0 Å². The van der Waals surface area contributed by atoms with Gasteiger partial charge in [-0.05, 0) is 30.3 Å². The summed E-state index contributed by atoms with van der Waals surface area (Å²) in [7, 11) is 0. The number of hydrogen-bond acceptors (Lipinski definition) is 3. The van der Waals surface area contributed by atoms with E-state index in [9.17, 15) is 4.79 Å². The van der Waals surface area contributed by atoms with Crippen molar-refractivity contribution in [3.05, 3.63) is 64.1 Å². The molecular weight excluding hydrogens is 294 g/mol. The second-order valence-corrected chi connectivity index (χ2v) is 4.94. The smallest absolute Gasteiger partial charge is 0.340 e. The molecule has 1 atom stereocenters. The van der Waals surface area contributed by atoms with Crippen LogP contribution in [0.2, 0.25) is 0 Å². The van der Waals surface area contributed by atoms with Gasteiger partial charge in [-0.15, -0.1) is 0 Å². The Bertz CT molecular complexity index is 595. The molecule has 0 bridgehead atoms. The third kappa shape index (κ3) is 1.99. The zero-order chi connectivity index (χ0) is 12.5. The normalized spacial score (nSPS) is 17.2. The van der Waals surface area contributed by atoms with Crippen molar-refractivity contribution in [3.8, 4) is 0 Å². The number of fused-ring (bicyclic) bond motifs is 1. The lowest BCUT2D eigenvalue weighted by Crippen LogP contribution is -2.10. The number of cyclic esters (lactones) is 1. The molecule has 3 rings (SSSR count). The van der Waals surface area contributed by atoms with Gasteiger partial charge in [0, 0.05) is 15.7 Å². The molecule has 0 aliphatic carbocycles. The Morgan fingerprint density at radius 1 is 1.06 bits per heavy atom. The van der Waals surface area contributed by atoms with Crippen LogP contribution in [-0.4, -0.2) is 5.97 Å². The van der Waals surface area contributed by atoms with Crippen molar-refractivity contribution in [2.45, 2.75) is 6.23 Å². The molecule has 0 unspecified atom stereocenters. The Balaban J connectivity index is 1.87. The fourth-order valence-corrected chi connectivity index (χ4v) is 2.21. The molecule has 0 aromatic heterocycles. The third-order valence-corrected chi connectivity index (χ3v) is 3.36. The van der Waals surface area contributed by atoms with E-state index >= 15 is 0 Å². The topological polar surface area (TPSA) is 38.3 Å². The highest BCUT2D eigenvalue weighted by atomic mass is 79.9. The first-order valence-corrected chi connectivity index (χ1v) is 6.35. The van der Waals surface area contributed by atoms with E-state index in [-0.39, 0.29) is 5.97 Å². The summed E-state index contributed by atoms with van der Waals surface area (Å²) < 4.78 is 6.32. The fourth-order valence-electron chi connectivity index (χ4n) is 1.95. The number of halogens is 1. The van der Waals surface area contributed by atoms with Crippen molar-refractivity contribution in [3.63, 3.8) is 0 Å². The van der Waals surface area contributed by atoms with E-state index in [0.717, 1.165) is 15.7 Å². The SMILES string of the molecule is O=C1O[C@H](Nc2ccc(Br)cc2)c2ccccc21. The van der Waals surface area contributed by atoms with Crippen LogP contribution >= 0.6 is 15.9 Å². The Kier molecular flexibility index (Phi) is 2.80. The highest BCUT2D eigenvalue weighted by Gasteiger charge is 2.30. The molecule has 3 nitrogen and oxygen atoms in total. The highest BCUT2D eigenvalue weighted by molar-refractivity contribution is 9.10. The van der Waals surface area contributed by atoms with E-state index in [2.05, 4.69) is 21.2 Å². The van der Waals surface area contributed by atoms with Gasteiger partial charge in [-0.3, -0.25) is 0 Å². The average molecular weight is 304 g/mol. The molecule has 1 aliphatic rings. The molecule has 90 valence electrons. The van der Waals surface area contributed by atoms with Crippen LogP contribution < -0.4 is 5.32 Å². The van der Waals surface area contributed by atoms with Crippen LogP contribution in [0.25, 0.3) is 0 Å². The van der Waals surface area contributed by atoms with Gasteiger partial charge in [0.2, 0.25) is 6.23 Å². The minimum atomic E-state index is -0.408. The minimum absolute atomic E-state index is 0.278. The molecule has 4 heteroatoms. The van der Waals surface area contributed by atoms with Crippen molar-refractivity contribution in [2.75, 3.05) is 5.32 Å². The number of hydrogen-bond donors (Lipinski definition) is 1. The largest absolute Gasteiger partial charge is 0.434 e. The van der Waals surface area contributed by atoms with Crippen LogP contribution in [0.3, 0.4) is 0 Å². The average Bonchev–Trinajstić information content (AvgIpc) is 2.70. The van der Waals surface area contributed by atoms with Gasteiger partial charge < -0.3 is 10.1 Å². The van der Waals surface area contributed by atoms with Gasteiger partial charge in [-0.25, -0.2) is 4.79 Å². The molecule has 0 spiro atoms. The van der Waals surface area contributed by atoms with E-state index in [1.807, 2.05) is 42.5 Å². The summed E-state index contributed by atoms with van der Waals surface area (Å²) in [5.74, 6) is -0.278. The summed E-state index contributed by atoms with van der Waals surface area (Å²) in [6.07, 6.45) is -0.408. The summed E-state index contributed by atoms with van der Waals surface area (Å²) in [5, 5.41) is 3.19. The molecule has 0 amide bonds. The quantitative estimate of drug-likeness (QED) is 0.859. The molecule has 0 saturated heterocycles. The second kappa shape index (κ2) is 4.46. The van der Waals surface area contributed by atoms with Crippen LogP contribution in [0.1, 0.15) is 22.1 Å². The number of anilines is 1. The maximum Gasteiger partial charge on any atom is 0.340 e. The molecule has 2 aromatic rings. The first-order valence-electron chi connectivity index (χ1n) is 5.56. The third-order valence-electron chi connectivity index (χ3n) is 2.83. The lowest BCUT2D eigenvalue weighted by atomic mass is 10.1. The first kappa shape index (κ1) is 11.3. The van der Waals surface area contributed by atoms with E-state index in [1.165, 1.54) is 0 Å². The van der Waals surface area contributed by atoms with Gasteiger partial charge in [-0.1, -0.05) is 34.1 Å². The molecule has 1 N–H and O–H groups in total. The highest BCUT2D eigenvalue weighted by Crippen LogP contribution is 2.31. The zero-order valence-electron chi connectivity index (χ0n) is 9.39. The Morgan fingerprint density at radius 2 is 1.78 bits per heavy atom. The van der Waals surface area contributed by atoms with Gasteiger partial charge in [0.1, 0.15) is 0 Å². The number of rotatable bonds is 2. The molecule has 18 heavy (non-hydrogen) atoms. The Morgan fingerprint density at radius 3 is 2.56 bits per heavy atom. The van der Waals surface area contributed by atoms with E-state index in [1.54, 1.807) is 6.07 Å². The lowest BCUT2D eigenvalue weighted by molar-refractivity contribution is 0.0437. The maximum absolute atomic E-state index is 11.7. The standard InChI is InChI=1S/C14H10BrNO2/c15-9-5-7-10(8-6-9)16-13-11-3-1-2-4-12(11)14(17)18-13/h1-8,13,16H/t13-/m0/s1. The van der Waals surface area contributed by atoms with Crippen molar-refractivity contribution in [2.24, 2.45) is 0 Å². The summed E-state index contributed by atoms with van der Waals surface area (Å²) in [4.78, 5) is 11.7. The lowest BCUT2D eigenvalue weighted by Gasteiger charge is -2.14. The number of ether oxygens (including phenoxy) is 1. The van der Waals surface area contributed by atoms with E-state index < -0.39 is 6.23 Å². The minimum Gasteiger partial charge on any atom is -0.434 e. The van der Waals surface area contributed by atoms with E-state index in [4.69, 9.17) is 4.74 Å². The van der Waals surface area contributed by atoms with E-state index in [0.29, 0.717) is 5.56 Å². The van der Waals surface area contributed by atoms with Crippen molar-refractivity contribution in [1.29, 1.82) is 0 Å². The Labute approximate surface area is 113 Å². The number of carbonyl (C=O) groups is 1. The summed E-state index contributed by atoms with van der Waals surface area (Å²) in [6, 6.07) is 15.1. The molecule has 2 aromatic carbocycles. The number of nitrogens with one attached hydrogen (secondary N) is 1. The molecule has 0 fully saturated rings. The van der Waals surface area contributed by atoms with Gasteiger partial charge >= 0.3 is 5.97 Å². The number of esters is 1. The van der Waals surface area contributed by atoms with Crippen molar-refractivity contribution in [1.82, 2.24) is 0 Å². The predicted molar refractivity (Wildman–Crippen MR) is 72.4 cm³/mol. The zero-order valence-corrected chi connectivity index (χ0v) is 11.0. The fraction of sp³-hybridized carbons (Fsp3) is 0.0714. The van der Waals surface area contributed by atoms with Crippen LogP contribution in [-0.2, 0) is 4.74 Å². The van der Waals surface area contributed by atoms with Crippen LogP contribution in [0.5, 0.6) is 0 Å². The second-order valence-electron chi connectivity index (χ2n) is 4.02. The first-order chi connectivity index (χ1) is 8.74. The predicted octanol–water partition coefficient (Wildman–Crippen LogP) is 3.73. The number of benzene rings is 2. The van der Waals surface area contributed by atoms with Gasteiger partial charge in [0.25, 0.3) is 0 Å². The molecule has 0 saturated carbocycles. The maximum atomic E-state index is 11.7. The summed E-state index contributed by atoms with van der Waals surface area (Å²) >= 11 is 3.38. The van der Waals surface area contributed by atoms with Crippen molar-refractivity contribution < 1.29 is 9.53 Å². The van der Waals surface area contributed by atoms with Gasteiger partial charge in [-0.2, -0.15) is 0 Å². The monoisotopic (exact) mass is 303 g/mol. The Hall–Kier alpha value is -1.81. The van der Waals surface area contributed by atoms with Gasteiger partial charge in [0.05, 0.1) is 5.56 Å².